The summed E-state index contributed by atoms with van der Waals surface area (Å²) in [6.45, 7) is 4.14. The quantitative estimate of drug-likeness (QED) is 0.686. The molecule has 1 aromatic carbocycles. The highest BCUT2D eigenvalue weighted by Crippen LogP contribution is 2.65. The van der Waals surface area contributed by atoms with Crippen LogP contribution in [-0.2, 0) is 16.1 Å². The third-order valence-electron chi connectivity index (χ3n) is 7.45. The minimum Gasteiger partial charge on any atom is -0.378 e. The Labute approximate surface area is 176 Å². The first kappa shape index (κ1) is 18.9. The molecule has 5 fully saturated rings. The number of anilines is 1. The van der Waals surface area contributed by atoms with E-state index in [0.717, 1.165) is 38.1 Å². The third-order valence-corrected chi connectivity index (χ3v) is 8.38. The van der Waals surface area contributed by atoms with E-state index < -0.39 is 0 Å². The molecule has 28 heavy (non-hydrogen) atoms. The van der Waals surface area contributed by atoms with Crippen LogP contribution in [0.1, 0.15) is 50.5 Å². The molecule has 4 saturated carbocycles. The van der Waals surface area contributed by atoms with Gasteiger partial charge in [0, 0.05) is 36.1 Å². The van der Waals surface area contributed by atoms with E-state index in [2.05, 4.69) is 50.4 Å². The Hall–Kier alpha value is -1.07. The van der Waals surface area contributed by atoms with Gasteiger partial charge in [0.05, 0.1) is 13.2 Å². The summed E-state index contributed by atoms with van der Waals surface area (Å²) < 4.78 is 5.75. The summed E-state index contributed by atoms with van der Waals surface area (Å²) in [5.41, 5.74) is 2.67. The number of carbonyl (C=O) groups excluding carboxylic acids is 1. The standard InChI is InChI=1S/C23H31BrN2O2/c24-23-12-18-9-19(13-23)11-22(10-18,16-23)14-21(27)25-15-17-1-3-20(4-2-17)26-5-7-28-8-6-26/h1-4,18-19H,5-16H2,(H,25,27). The van der Waals surface area contributed by atoms with Gasteiger partial charge in [-0.05, 0) is 73.5 Å². The van der Waals surface area contributed by atoms with Crippen LogP contribution in [0.5, 0.6) is 0 Å². The Bertz CT molecular complexity index is 715. The monoisotopic (exact) mass is 446 g/mol. The molecule has 4 aliphatic carbocycles. The molecule has 1 amide bonds. The summed E-state index contributed by atoms with van der Waals surface area (Å²) >= 11 is 4.05. The van der Waals surface area contributed by atoms with Crippen molar-refractivity contribution in [1.82, 2.24) is 5.32 Å². The minimum atomic E-state index is 0.232. The highest BCUT2D eigenvalue weighted by Gasteiger charge is 2.57. The number of morpholine rings is 1. The normalized spacial score (nSPS) is 36.5. The van der Waals surface area contributed by atoms with E-state index in [1.807, 2.05) is 0 Å². The largest absolute Gasteiger partial charge is 0.378 e. The van der Waals surface area contributed by atoms with E-state index in [1.165, 1.54) is 49.8 Å². The highest BCUT2D eigenvalue weighted by molar-refractivity contribution is 9.10. The molecule has 4 bridgehead atoms. The maximum Gasteiger partial charge on any atom is 0.220 e. The Balaban J connectivity index is 1.16. The van der Waals surface area contributed by atoms with Crippen molar-refractivity contribution in [3.05, 3.63) is 29.8 Å². The Kier molecular flexibility index (Phi) is 4.95. The van der Waals surface area contributed by atoms with Crippen LogP contribution >= 0.6 is 15.9 Å². The second kappa shape index (κ2) is 7.32. The van der Waals surface area contributed by atoms with Crippen LogP contribution in [0.2, 0.25) is 0 Å². The van der Waals surface area contributed by atoms with E-state index >= 15 is 0 Å². The Morgan fingerprint density at radius 2 is 1.79 bits per heavy atom. The summed E-state index contributed by atoms with van der Waals surface area (Å²) in [5.74, 6) is 1.90. The lowest BCUT2D eigenvalue weighted by atomic mass is 9.48. The van der Waals surface area contributed by atoms with Crippen molar-refractivity contribution in [2.75, 3.05) is 31.2 Å². The first-order chi connectivity index (χ1) is 13.5. The molecular weight excluding hydrogens is 416 g/mol. The number of hydrogen-bond donors (Lipinski definition) is 1. The van der Waals surface area contributed by atoms with Crippen molar-refractivity contribution in [3.8, 4) is 0 Å². The second-order valence-corrected chi connectivity index (χ2v) is 11.5. The zero-order valence-electron chi connectivity index (χ0n) is 16.6. The van der Waals surface area contributed by atoms with E-state index in [4.69, 9.17) is 4.74 Å². The summed E-state index contributed by atoms with van der Waals surface area (Å²) in [5, 5.41) is 3.20. The van der Waals surface area contributed by atoms with E-state index in [0.29, 0.717) is 17.3 Å². The van der Waals surface area contributed by atoms with Crippen molar-refractivity contribution in [3.63, 3.8) is 0 Å². The number of nitrogens with one attached hydrogen (secondary N) is 1. The van der Waals surface area contributed by atoms with Crippen LogP contribution < -0.4 is 10.2 Å². The Morgan fingerprint density at radius 3 is 2.43 bits per heavy atom. The average Bonchev–Trinajstić information content (AvgIpc) is 2.65. The lowest BCUT2D eigenvalue weighted by Gasteiger charge is -2.60. The van der Waals surface area contributed by atoms with Gasteiger partial charge in [-0.3, -0.25) is 4.79 Å². The SMILES string of the molecule is O=C(CC12CC3CC(CC(Br)(C3)C1)C2)NCc1ccc(N2CCOCC2)cc1. The van der Waals surface area contributed by atoms with Gasteiger partial charge in [0.25, 0.3) is 0 Å². The van der Waals surface area contributed by atoms with Gasteiger partial charge in [0.1, 0.15) is 0 Å². The van der Waals surface area contributed by atoms with E-state index in [-0.39, 0.29) is 11.3 Å². The lowest BCUT2D eigenvalue weighted by molar-refractivity contribution is -0.128. The first-order valence-electron chi connectivity index (χ1n) is 10.9. The van der Waals surface area contributed by atoms with Gasteiger partial charge < -0.3 is 15.0 Å². The molecule has 1 aliphatic heterocycles. The number of hydrogen-bond acceptors (Lipinski definition) is 3. The maximum absolute atomic E-state index is 12.8. The number of alkyl halides is 1. The fourth-order valence-electron chi connectivity index (χ4n) is 6.79. The molecule has 2 unspecified atom stereocenters. The predicted octanol–water partition coefficient (Wildman–Crippen LogP) is 4.26. The van der Waals surface area contributed by atoms with Crippen molar-refractivity contribution in [2.45, 2.75) is 55.8 Å². The summed E-state index contributed by atoms with van der Waals surface area (Å²) in [4.78, 5) is 15.1. The predicted molar refractivity (Wildman–Crippen MR) is 115 cm³/mol. The van der Waals surface area contributed by atoms with Crippen molar-refractivity contribution in [2.24, 2.45) is 17.3 Å². The lowest BCUT2D eigenvalue weighted by Crippen LogP contribution is -2.54. The molecule has 4 nitrogen and oxygen atoms in total. The number of benzene rings is 1. The summed E-state index contributed by atoms with van der Waals surface area (Å²) in [6.07, 6.45) is 8.46. The van der Waals surface area contributed by atoms with Gasteiger partial charge in [-0.1, -0.05) is 28.1 Å². The zero-order valence-corrected chi connectivity index (χ0v) is 18.2. The molecule has 1 aromatic rings. The molecule has 6 rings (SSSR count). The van der Waals surface area contributed by atoms with Gasteiger partial charge in [-0.2, -0.15) is 0 Å². The third kappa shape index (κ3) is 3.85. The van der Waals surface area contributed by atoms with Crippen LogP contribution in [0, 0.1) is 17.3 Å². The number of amides is 1. The molecule has 1 saturated heterocycles. The molecule has 1 N–H and O–H groups in total. The molecule has 5 aliphatic rings. The van der Waals surface area contributed by atoms with E-state index in [1.54, 1.807) is 0 Å². The molecule has 1 heterocycles. The molecule has 5 heteroatoms. The van der Waals surface area contributed by atoms with Gasteiger partial charge in [0.2, 0.25) is 5.91 Å². The molecule has 0 aromatic heterocycles. The molecule has 2 atom stereocenters. The molecule has 0 spiro atoms. The number of halogens is 1. The molecule has 152 valence electrons. The average molecular weight is 447 g/mol. The smallest absolute Gasteiger partial charge is 0.220 e. The van der Waals surface area contributed by atoms with Crippen LogP contribution in [0.15, 0.2) is 24.3 Å². The van der Waals surface area contributed by atoms with Gasteiger partial charge in [0.15, 0.2) is 0 Å². The first-order valence-corrected chi connectivity index (χ1v) is 11.7. The minimum absolute atomic E-state index is 0.232. The fraction of sp³-hybridized carbons (Fsp3) is 0.696. The van der Waals surface area contributed by atoms with Gasteiger partial charge >= 0.3 is 0 Å². The van der Waals surface area contributed by atoms with Crippen LogP contribution in [-0.4, -0.2) is 36.5 Å². The molecule has 0 radical (unpaired) electrons. The number of rotatable bonds is 5. The summed E-state index contributed by atoms with van der Waals surface area (Å²) in [7, 11) is 0. The second-order valence-electron chi connectivity index (χ2n) is 9.83. The van der Waals surface area contributed by atoms with Gasteiger partial charge in [-0.15, -0.1) is 0 Å². The van der Waals surface area contributed by atoms with Crippen molar-refractivity contribution >= 4 is 27.5 Å². The zero-order chi connectivity index (χ0) is 19.2. The van der Waals surface area contributed by atoms with E-state index in [9.17, 15) is 4.79 Å². The van der Waals surface area contributed by atoms with Crippen LogP contribution in [0.3, 0.4) is 0 Å². The maximum atomic E-state index is 12.8. The van der Waals surface area contributed by atoms with Crippen LogP contribution in [0.4, 0.5) is 5.69 Å². The van der Waals surface area contributed by atoms with Gasteiger partial charge in [-0.25, -0.2) is 0 Å². The Morgan fingerprint density at radius 1 is 1.11 bits per heavy atom. The summed E-state index contributed by atoms with van der Waals surface area (Å²) in [6, 6.07) is 8.62. The van der Waals surface area contributed by atoms with Crippen molar-refractivity contribution < 1.29 is 9.53 Å². The van der Waals surface area contributed by atoms with Crippen LogP contribution in [0.25, 0.3) is 0 Å². The number of ether oxygens (including phenoxy) is 1. The number of nitrogens with zero attached hydrogens (tertiary/aromatic N) is 1. The highest BCUT2D eigenvalue weighted by atomic mass is 79.9. The molecular formula is C23H31BrN2O2. The topological polar surface area (TPSA) is 41.6 Å². The van der Waals surface area contributed by atoms with Crippen molar-refractivity contribution in [1.29, 1.82) is 0 Å². The number of carbonyl (C=O) groups is 1. The fourth-order valence-corrected chi connectivity index (χ4v) is 8.30.